The Balaban J connectivity index is 2.17. The first-order valence-electron chi connectivity index (χ1n) is 6.69. The van der Waals surface area contributed by atoms with Gasteiger partial charge in [0.05, 0.1) is 5.56 Å². The zero-order valence-electron chi connectivity index (χ0n) is 11.5. The van der Waals surface area contributed by atoms with Gasteiger partial charge in [-0.3, -0.25) is 4.79 Å². The lowest BCUT2D eigenvalue weighted by atomic mass is 10.2. The number of rotatable bonds is 7. The summed E-state index contributed by atoms with van der Waals surface area (Å²) < 4.78 is 13.3. The predicted octanol–water partition coefficient (Wildman–Crippen LogP) is 1.65. The minimum absolute atomic E-state index is 0.0288. The van der Waals surface area contributed by atoms with Crippen LogP contribution in [-0.2, 0) is 0 Å². The van der Waals surface area contributed by atoms with Crippen molar-refractivity contribution in [1.29, 1.82) is 0 Å². The Kier molecular flexibility index (Phi) is 7.10. The molecule has 0 saturated carbocycles. The topological polar surface area (TPSA) is 70.2 Å². The molecule has 0 spiro atoms. The van der Waals surface area contributed by atoms with Crippen LogP contribution in [0.1, 0.15) is 30.1 Å². The number of nitrogens with one attached hydrogen (secondary N) is 3. The summed E-state index contributed by atoms with van der Waals surface area (Å²) in [4.78, 5) is 22.9. The number of hydrogen-bond acceptors (Lipinski definition) is 2. The number of carbonyl (C=O) groups is 2. The lowest BCUT2D eigenvalue weighted by molar-refractivity contribution is 0.0949. The fraction of sp³-hybridized carbons (Fsp3) is 0.429. The Hall–Kier alpha value is -2.11. The summed E-state index contributed by atoms with van der Waals surface area (Å²) in [5, 5.41) is 7.95. The standard InChI is InChI=1S/C14H20FN3O2/c1-2-8-17-14(20)18-10-5-9-16-13(19)11-6-3-4-7-12(11)15/h3-4,6-7H,2,5,8-10H2,1H3,(H,16,19)(H2,17,18,20). The van der Waals surface area contributed by atoms with Crippen LogP contribution in [0.5, 0.6) is 0 Å². The van der Waals surface area contributed by atoms with Crippen molar-refractivity contribution in [2.45, 2.75) is 19.8 Å². The molecule has 5 nitrogen and oxygen atoms in total. The van der Waals surface area contributed by atoms with Crippen LogP contribution in [0.4, 0.5) is 9.18 Å². The van der Waals surface area contributed by atoms with Gasteiger partial charge in [0.2, 0.25) is 0 Å². The van der Waals surface area contributed by atoms with Gasteiger partial charge in [0.25, 0.3) is 5.91 Å². The minimum Gasteiger partial charge on any atom is -0.352 e. The Bertz CT molecular complexity index is 452. The number of urea groups is 1. The van der Waals surface area contributed by atoms with Gasteiger partial charge in [0, 0.05) is 19.6 Å². The van der Waals surface area contributed by atoms with Crippen molar-refractivity contribution in [3.8, 4) is 0 Å². The van der Waals surface area contributed by atoms with E-state index in [1.54, 1.807) is 6.07 Å². The largest absolute Gasteiger partial charge is 0.352 e. The first-order chi connectivity index (χ1) is 9.65. The monoisotopic (exact) mass is 281 g/mol. The van der Waals surface area contributed by atoms with Crippen molar-refractivity contribution >= 4 is 11.9 Å². The molecule has 0 aromatic heterocycles. The van der Waals surface area contributed by atoms with Crippen LogP contribution < -0.4 is 16.0 Å². The lowest BCUT2D eigenvalue weighted by Gasteiger charge is -2.08. The minimum atomic E-state index is -0.540. The van der Waals surface area contributed by atoms with E-state index in [2.05, 4.69) is 16.0 Å². The molecule has 20 heavy (non-hydrogen) atoms. The average Bonchev–Trinajstić information content (AvgIpc) is 2.45. The number of hydrogen-bond donors (Lipinski definition) is 3. The van der Waals surface area contributed by atoms with Gasteiger partial charge in [0.15, 0.2) is 0 Å². The fourth-order valence-corrected chi connectivity index (χ4v) is 1.53. The van der Waals surface area contributed by atoms with Crippen molar-refractivity contribution < 1.29 is 14.0 Å². The van der Waals surface area contributed by atoms with Crippen LogP contribution in [-0.4, -0.2) is 31.6 Å². The molecule has 0 unspecified atom stereocenters. The van der Waals surface area contributed by atoms with Gasteiger partial charge in [-0.2, -0.15) is 0 Å². The van der Waals surface area contributed by atoms with Crippen LogP contribution in [0.3, 0.4) is 0 Å². The Morgan fingerprint density at radius 1 is 1.05 bits per heavy atom. The summed E-state index contributed by atoms with van der Waals surface area (Å²) >= 11 is 0. The van der Waals surface area contributed by atoms with Crippen molar-refractivity contribution in [2.24, 2.45) is 0 Å². The summed E-state index contributed by atoms with van der Waals surface area (Å²) in [6.45, 7) is 3.43. The fourth-order valence-electron chi connectivity index (χ4n) is 1.53. The van der Waals surface area contributed by atoms with Gasteiger partial charge in [-0.25, -0.2) is 9.18 Å². The second-order valence-electron chi connectivity index (χ2n) is 4.27. The van der Waals surface area contributed by atoms with E-state index in [-0.39, 0.29) is 11.6 Å². The second-order valence-corrected chi connectivity index (χ2v) is 4.27. The summed E-state index contributed by atoms with van der Waals surface area (Å²) in [5.41, 5.74) is 0.0288. The van der Waals surface area contributed by atoms with Gasteiger partial charge >= 0.3 is 6.03 Å². The highest BCUT2D eigenvalue weighted by atomic mass is 19.1. The maximum atomic E-state index is 13.3. The van der Waals surface area contributed by atoms with Crippen molar-refractivity contribution in [3.05, 3.63) is 35.6 Å². The van der Waals surface area contributed by atoms with E-state index in [9.17, 15) is 14.0 Å². The van der Waals surface area contributed by atoms with Crippen LogP contribution >= 0.6 is 0 Å². The molecule has 0 atom stereocenters. The highest BCUT2D eigenvalue weighted by Gasteiger charge is 2.09. The molecule has 0 aliphatic rings. The molecule has 1 rings (SSSR count). The quantitative estimate of drug-likeness (QED) is 0.665. The molecule has 1 aromatic carbocycles. The summed E-state index contributed by atoms with van der Waals surface area (Å²) in [6.07, 6.45) is 1.46. The maximum Gasteiger partial charge on any atom is 0.314 e. The molecule has 0 radical (unpaired) electrons. The van der Waals surface area contributed by atoms with Crippen LogP contribution in [0.15, 0.2) is 24.3 Å². The van der Waals surface area contributed by atoms with Crippen LogP contribution in [0.2, 0.25) is 0 Å². The highest BCUT2D eigenvalue weighted by Crippen LogP contribution is 2.05. The van der Waals surface area contributed by atoms with E-state index in [0.717, 1.165) is 6.42 Å². The molecule has 0 bridgehead atoms. The third-order valence-electron chi connectivity index (χ3n) is 2.58. The van der Waals surface area contributed by atoms with Crippen LogP contribution in [0, 0.1) is 5.82 Å². The van der Waals surface area contributed by atoms with Crippen molar-refractivity contribution in [1.82, 2.24) is 16.0 Å². The number of amides is 3. The molecule has 1 aromatic rings. The van der Waals surface area contributed by atoms with Gasteiger partial charge in [-0.1, -0.05) is 19.1 Å². The van der Waals surface area contributed by atoms with E-state index < -0.39 is 11.7 Å². The van der Waals surface area contributed by atoms with Gasteiger partial charge in [0.1, 0.15) is 5.82 Å². The first kappa shape index (κ1) is 15.9. The molecule has 3 amide bonds. The Morgan fingerprint density at radius 2 is 1.70 bits per heavy atom. The Labute approximate surface area is 117 Å². The second kappa shape index (κ2) is 8.90. The molecule has 0 saturated heterocycles. The first-order valence-corrected chi connectivity index (χ1v) is 6.69. The summed E-state index contributed by atoms with van der Waals surface area (Å²) in [6, 6.07) is 5.60. The number of benzene rings is 1. The van der Waals surface area contributed by atoms with E-state index in [4.69, 9.17) is 0 Å². The van der Waals surface area contributed by atoms with E-state index in [1.165, 1.54) is 18.2 Å². The van der Waals surface area contributed by atoms with E-state index in [1.807, 2.05) is 6.92 Å². The normalized spacial score (nSPS) is 9.90. The van der Waals surface area contributed by atoms with E-state index in [0.29, 0.717) is 26.1 Å². The predicted molar refractivity (Wildman–Crippen MR) is 75.0 cm³/mol. The smallest absolute Gasteiger partial charge is 0.314 e. The van der Waals surface area contributed by atoms with Gasteiger partial charge in [-0.15, -0.1) is 0 Å². The SMILES string of the molecule is CCCNC(=O)NCCCNC(=O)c1ccccc1F. The number of carbonyl (C=O) groups excluding carboxylic acids is 2. The van der Waals surface area contributed by atoms with Gasteiger partial charge < -0.3 is 16.0 Å². The highest BCUT2D eigenvalue weighted by molar-refractivity contribution is 5.94. The number of halogens is 1. The van der Waals surface area contributed by atoms with Crippen LogP contribution in [0.25, 0.3) is 0 Å². The third-order valence-corrected chi connectivity index (χ3v) is 2.58. The zero-order chi connectivity index (χ0) is 14.8. The zero-order valence-corrected chi connectivity index (χ0v) is 11.5. The molecule has 0 heterocycles. The maximum absolute atomic E-state index is 13.3. The molecule has 6 heteroatoms. The molecule has 0 fully saturated rings. The molecule has 0 aliphatic heterocycles. The molecule has 3 N–H and O–H groups in total. The lowest BCUT2D eigenvalue weighted by Crippen LogP contribution is -2.37. The Morgan fingerprint density at radius 3 is 2.40 bits per heavy atom. The van der Waals surface area contributed by atoms with Gasteiger partial charge in [-0.05, 0) is 25.0 Å². The molecular formula is C14H20FN3O2. The van der Waals surface area contributed by atoms with Crippen molar-refractivity contribution in [3.63, 3.8) is 0 Å². The molecular weight excluding hydrogens is 261 g/mol. The molecule has 0 aliphatic carbocycles. The van der Waals surface area contributed by atoms with Crippen molar-refractivity contribution in [2.75, 3.05) is 19.6 Å². The third kappa shape index (κ3) is 5.69. The van der Waals surface area contributed by atoms with E-state index >= 15 is 0 Å². The molecule has 110 valence electrons. The summed E-state index contributed by atoms with van der Waals surface area (Å²) in [7, 11) is 0. The average molecular weight is 281 g/mol. The summed E-state index contributed by atoms with van der Waals surface area (Å²) in [5.74, 6) is -0.986.